The van der Waals surface area contributed by atoms with Gasteiger partial charge in [0.1, 0.15) is 18.2 Å². The molecule has 0 saturated heterocycles. The average Bonchev–Trinajstić information content (AvgIpc) is 2.78. The van der Waals surface area contributed by atoms with Crippen molar-refractivity contribution >= 4 is 63.5 Å². The molecule has 0 aliphatic rings. The Kier molecular flexibility index (Phi) is 9.01. The second kappa shape index (κ2) is 11.9. The number of nitrogens with zero attached hydrogens (tertiary/aromatic N) is 1. The van der Waals surface area contributed by atoms with Crippen LogP contribution < -0.4 is 14.8 Å². The number of hydrogen-bond acceptors (Lipinski definition) is 4. The highest BCUT2D eigenvalue weighted by Gasteiger charge is 2.15. The highest BCUT2D eigenvalue weighted by Crippen LogP contribution is 2.36. The summed E-state index contributed by atoms with van der Waals surface area (Å²) in [5.41, 5.74) is 1.93. The van der Waals surface area contributed by atoms with Crippen LogP contribution in [0.15, 0.2) is 66.2 Å². The lowest BCUT2D eigenvalue weighted by Gasteiger charge is -2.15. The lowest BCUT2D eigenvalue weighted by molar-refractivity contribution is -0.112. The van der Waals surface area contributed by atoms with E-state index < -0.39 is 5.91 Å². The second-order valence-electron chi connectivity index (χ2n) is 6.78. The molecule has 0 radical (unpaired) electrons. The van der Waals surface area contributed by atoms with E-state index in [1.165, 1.54) is 6.08 Å². The molecule has 0 aromatic heterocycles. The number of amides is 1. The minimum absolute atomic E-state index is 0.0574. The Balaban J connectivity index is 1.86. The summed E-state index contributed by atoms with van der Waals surface area (Å²) in [4.78, 5) is 12.6. The molecule has 0 fully saturated rings. The highest BCUT2D eigenvalue weighted by atomic mass is 127. The minimum atomic E-state index is -0.535. The zero-order chi connectivity index (χ0) is 23.8. The molecular formula is C25H19Cl2IN2O3. The predicted octanol–water partition coefficient (Wildman–Crippen LogP) is 7.12. The van der Waals surface area contributed by atoms with Crippen molar-refractivity contribution < 1.29 is 14.3 Å². The summed E-state index contributed by atoms with van der Waals surface area (Å²) in [6.07, 6.45) is 1.50. The molecule has 1 amide bonds. The van der Waals surface area contributed by atoms with Crippen molar-refractivity contribution in [3.8, 4) is 17.6 Å². The van der Waals surface area contributed by atoms with Crippen molar-refractivity contribution in [3.63, 3.8) is 0 Å². The van der Waals surface area contributed by atoms with Gasteiger partial charge in [0.15, 0.2) is 11.5 Å². The molecule has 8 heteroatoms. The van der Waals surface area contributed by atoms with Gasteiger partial charge in [-0.1, -0.05) is 47.5 Å². The van der Waals surface area contributed by atoms with E-state index in [1.807, 2.05) is 37.3 Å². The number of halogens is 3. The number of carbonyl (C=O) groups is 1. The Morgan fingerprint density at radius 2 is 1.91 bits per heavy atom. The smallest absolute Gasteiger partial charge is 0.266 e. The van der Waals surface area contributed by atoms with Gasteiger partial charge in [0, 0.05) is 21.3 Å². The number of carbonyl (C=O) groups excluding carboxylic acids is 1. The normalized spacial score (nSPS) is 10.9. The lowest BCUT2D eigenvalue weighted by atomic mass is 10.1. The van der Waals surface area contributed by atoms with E-state index in [0.29, 0.717) is 39.4 Å². The van der Waals surface area contributed by atoms with E-state index in [9.17, 15) is 10.1 Å². The third-order valence-corrected chi connectivity index (χ3v) is 5.83. The fourth-order valence-corrected chi connectivity index (χ4v) is 4.08. The Bertz CT molecular complexity index is 1240. The van der Waals surface area contributed by atoms with Crippen LogP contribution in [0, 0.1) is 14.9 Å². The average molecular weight is 593 g/mol. The maximum absolute atomic E-state index is 12.6. The quantitative estimate of drug-likeness (QED) is 0.172. The lowest BCUT2D eigenvalue weighted by Crippen LogP contribution is -2.13. The Morgan fingerprint density at radius 3 is 2.61 bits per heavy atom. The largest absolute Gasteiger partial charge is 0.490 e. The molecule has 3 rings (SSSR count). The van der Waals surface area contributed by atoms with Gasteiger partial charge in [-0.25, -0.2) is 0 Å². The van der Waals surface area contributed by atoms with Crippen LogP contribution in [0.3, 0.4) is 0 Å². The topological polar surface area (TPSA) is 71.3 Å². The van der Waals surface area contributed by atoms with Crippen LogP contribution in [0.25, 0.3) is 6.08 Å². The van der Waals surface area contributed by atoms with Gasteiger partial charge in [-0.05, 0) is 77.6 Å². The second-order valence-corrected chi connectivity index (χ2v) is 8.78. The molecule has 0 saturated carbocycles. The van der Waals surface area contributed by atoms with E-state index in [-0.39, 0.29) is 12.2 Å². The molecule has 1 N–H and O–H groups in total. The van der Waals surface area contributed by atoms with E-state index >= 15 is 0 Å². The number of benzene rings is 3. The Hall–Kier alpha value is -2.73. The molecule has 0 spiro atoms. The Morgan fingerprint density at radius 1 is 1.12 bits per heavy atom. The molecule has 0 aliphatic heterocycles. The number of nitrogens with one attached hydrogen (secondary N) is 1. The zero-order valence-corrected chi connectivity index (χ0v) is 21.2. The molecule has 3 aromatic rings. The van der Waals surface area contributed by atoms with Gasteiger partial charge in [0.05, 0.1) is 10.2 Å². The predicted molar refractivity (Wildman–Crippen MR) is 140 cm³/mol. The molecule has 0 atom stereocenters. The van der Waals surface area contributed by atoms with Crippen molar-refractivity contribution in [2.45, 2.75) is 13.5 Å². The van der Waals surface area contributed by atoms with Crippen LogP contribution in [0.5, 0.6) is 11.5 Å². The van der Waals surface area contributed by atoms with Gasteiger partial charge in [0.2, 0.25) is 0 Å². The molecular weight excluding hydrogens is 574 g/mol. The van der Waals surface area contributed by atoms with Crippen molar-refractivity contribution in [1.29, 1.82) is 5.26 Å². The van der Waals surface area contributed by atoms with Gasteiger partial charge in [-0.3, -0.25) is 4.79 Å². The number of hydrogen-bond donors (Lipinski definition) is 1. The molecule has 3 aromatic carbocycles. The first-order chi connectivity index (χ1) is 15.9. The fraction of sp³-hybridized carbons (Fsp3) is 0.120. The van der Waals surface area contributed by atoms with Crippen LogP contribution in [-0.2, 0) is 11.4 Å². The summed E-state index contributed by atoms with van der Waals surface area (Å²) in [7, 11) is 0. The molecule has 168 valence electrons. The summed E-state index contributed by atoms with van der Waals surface area (Å²) >= 11 is 14.3. The van der Waals surface area contributed by atoms with Crippen molar-refractivity contribution in [3.05, 3.63) is 91.0 Å². The van der Waals surface area contributed by atoms with Gasteiger partial charge < -0.3 is 14.8 Å². The summed E-state index contributed by atoms with van der Waals surface area (Å²) < 4.78 is 12.6. The molecule has 0 unspecified atom stereocenters. The van der Waals surface area contributed by atoms with Crippen LogP contribution in [0.2, 0.25) is 10.0 Å². The highest BCUT2D eigenvalue weighted by molar-refractivity contribution is 14.1. The van der Waals surface area contributed by atoms with Crippen molar-refractivity contribution in [2.75, 3.05) is 11.9 Å². The first-order valence-corrected chi connectivity index (χ1v) is 11.8. The monoisotopic (exact) mass is 592 g/mol. The third-order valence-electron chi connectivity index (χ3n) is 4.42. The maximum Gasteiger partial charge on any atom is 0.266 e. The van der Waals surface area contributed by atoms with Crippen molar-refractivity contribution in [2.24, 2.45) is 0 Å². The van der Waals surface area contributed by atoms with E-state index in [1.54, 1.807) is 36.4 Å². The standard InChI is InChI=1S/C25H19Cl2IN2O3/c1-2-32-23-12-16(10-18(14-29)25(31)30-20-8-5-7-19(26)13-20)11-22(28)24(23)33-15-17-6-3-4-9-21(17)27/h3-13H,2,15H2,1H3,(H,30,31)/b18-10-. The summed E-state index contributed by atoms with van der Waals surface area (Å²) in [5.74, 6) is 0.540. The van der Waals surface area contributed by atoms with Crippen LogP contribution in [-0.4, -0.2) is 12.5 Å². The molecule has 5 nitrogen and oxygen atoms in total. The van der Waals surface area contributed by atoms with E-state index in [4.69, 9.17) is 32.7 Å². The third kappa shape index (κ3) is 6.87. The van der Waals surface area contributed by atoms with E-state index in [0.717, 1.165) is 9.13 Å². The fourth-order valence-electron chi connectivity index (χ4n) is 2.92. The van der Waals surface area contributed by atoms with Gasteiger partial charge in [-0.15, -0.1) is 0 Å². The van der Waals surface area contributed by atoms with Gasteiger partial charge >= 0.3 is 0 Å². The number of ether oxygens (including phenoxy) is 2. The SMILES string of the molecule is CCOc1cc(/C=C(/C#N)C(=O)Nc2cccc(Cl)c2)cc(I)c1OCc1ccccc1Cl. The summed E-state index contributed by atoms with van der Waals surface area (Å²) in [5, 5.41) is 13.3. The first kappa shape index (κ1) is 24.9. The summed E-state index contributed by atoms with van der Waals surface area (Å²) in [6.45, 7) is 2.56. The first-order valence-electron chi connectivity index (χ1n) is 9.92. The molecule has 0 bridgehead atoms. The maximum atomic E-state index is 12.6. The van der Waals surface area contributed by atoms with Gasteiger partial charge in [0.25, 0.3) is 5.91 Å². The molecule has 0 heterocycles. The van der Waals surface area contributed by atoms with Crippen LogP contribution in [0.1, 0.15) is 18.1 Å². The minimum Gasteiger partial charge on any atom is -0.490 e. The summed E-state index contributed by atoms with van der Waals surface area (Å²) in [6, 6.07) is 19.7. The number of nitriles is 1. The molecule has 33 heavy (non-hydrogen) atoms. The van der Waals surface area contributed by atoms with E-state index in [2.05, 4.69) is 27.9 Å². The van der Waals surface area contributed by atoms with Crippen LogP contribution in [0.4, 0.5) is 5.69 Å². The Labute approximate surface area is 216 Å². The van der Waals surface area contributed by atoms with Gasteiger partial charge in [-0.2, -0.15) is 5.26 Å². The zero-order valence-electron chi connectivity index (χ0n) is 17.6. The molecule has 0 aliphatic carbocycles. The number of anilines is 1. The number of rotatable bonds is 8. The van der Waals surface area contributed by atoms with Crippen molar-refractivity contribution in [1.82, 2.24) is 0 Å². The van der Waals surface area contributed by atoms with Crippen LogP contribution >= 0.6 is 45.8 Å².